The molecule has 1 N–H and O–H groups in total. The van der Waals surface area contributed by atoms with Crippen LogP contribution in [-0.4, -0.2) is 58.2 Å². The number of aromatic nitrogens is 3. The third kappa shape index (κ3) is 3.53. The first-order chi connectivity index (χ1) is 13.9. The summed E-state index contributed by atoms with van der Waals surface area (Å²) in [6, 6.07) is 2.01. The van der Waals surface area contributed by atoms with Gasteiger partial charge in [0.25, 0.3) is 0 Å². The Morgan fingerprint density at radius 2 is 1.97 bits per heavy atom. The molecule has 0 amide bonds. The second-order valence-electron chi connectivity index (χ2n) is 8.34. The lowest BCUT2D eigenvalue weighted by Gasteiger charge is -2.31. The van der Waals surface area contributed by atoms with Gasteiger partial charge in [0.05, 0.1) is 17.6 Å². The minimum Gasteiger partial charge on any atom is -0.304 e. The molecule has 0 radical (unpaired) electrons. The molecule has 1 aliphatic carbocycles. The predicted octanol–water partition coefficient (Wildman–Crippen LogP) is 2.88. The lowest BCUT2D eigenvalue weighted by Crippen LogP contribution is -2.35. The van der Waals surface area contributed by atoms with E-state index in [2.05, 4.69) is 38.9 Å². The standard InChI is InChI=1S/C20H32N6O2S/c1-5-15-10-14(13-29(27,28)25(6-2)7-3)11-16(15)20-24(4)23-18-12-22-19-17(26(18)20)8-9-21-19/h8-9,12,14-16,20,23H,5-7,10-11,13H2,1-4H3/t14-,15-,16-,20?/m1/s1. The number of fused-ring (bicyclic) bond motifs is 3. The van der Waals surface area contributed by atoms with Crippen molar-refractivity contribution < 1.29 is 8.42 Å². The first kappa shape index (κ1) is 20.6. The molecule has 3 aliphatic heterocycles. The van der Waals surface area contributed by atoms with E-state index in [1.165, 1.54) is 0 Å². The molecule has 8 nitrogen and oxygen atoms in total. The maximum absolute atomic E-state index is 12.9. The zero-order valence-corrected chi connectivity index (χ0v) is 18.6. The first-order valence-corrected chi connectivity index (χ1v) is 12.3. The lowest BCUT2D eigenvalue weighted by atomic mass is 9.90. The maximum Gasteiger partial charge on any atom is 0.214 e. The van der Waals surface area contributed by atoms with Crippen molar-refractivity contribution in [2.45, 2.75) is 46.2 Å². The number of nitrogens with zero attached hydrogens (tertiary/aromatic N) is 5. The molecule has 0 aromatic rings. The summed E-state index contributed by atoms with van der Waals surface area (Å²) in [5.41, 5.74) is 4.46. The third-order valence-electron chi connectivity index (χ3n) is 6.74. The highest BCUT2D eigenvalue weighted by Crippen LogP contribution is 2.49. The molecule has 160 valence electrons. The minimum atomic E-state index is -3.21. The number of anilines is 1. The SMILES string of the molecule is CC[C@@H]1C[C@@H](CS(=O)(=O)N(CC)CC)C[C@H]1C1N(C)Nc2cnc3nccc-3n21. The quantitative estimate of drug-likeness (QED) is 0.742. The Hall–Kier alpha value is -1.71. The van der Waals surface area contributed by atoms with Gasteiger partial charge < -0.3 is 9.99 Å². The Bertz CT molecular complexity index is 925. The van der Waals surface area contributed by atoms with Crippen LogP contribution in [-0.2, 0) is 10.0 Å². The van der Waals surface area contributed by atoms with E-state index in [1.54, 1.807) is 10.5 Å². The van der Waals surface area contributed by atoms with Gasteiger partial charge in [0, 0.05) is 26.3 Å². The molecule has 1 fully saturated rings. The van der Waals surface area contributed by atoms with Crippen LogP contribution >= 0.6 is 0 Å². The first-order valence-electron chi connectivity index (χ1n) is 10.7. The number of hydrazine groups is 1. The van der Waals surface area contributed by atoms with Crippen LogP contribution in [0.15, 0.2) is 18.5 Å². The predicted molar refractivity (Wildman–Crippen MR) is 114 cm³/mol. The molecule has 4 aliphatic rings. The van der Waals surface area contributed by atoms with E-state index in [-0.39, 0.29) is 17.8 Å². The van der Waals surface area contributed by atoms with Crippen LogP contribution in [0, 0.1) is 17.8 Å². The van der Waals surface area contributed by atoms with Gasteiger partial charge in [-0.2, -0.15) is 0 Å². The summed E-state index contributed by atoms with van der Waals surface area (Å²) >= 11 is 0. The summed E-state index contributed by atoms with van der Waals surface area (Å²) in [6.45, 7) is 7.12. The van der Waals surface area contributed by atoms with E-state index >= 15 is 0 Å². The molecule has 0 aromatic heterocycles. The lowest BCUT2D eigenvalue weighted by molar-refractivity contribution is 0.134. The molecular weight excluding hydrogens is 388 g/mol. The summed E-state index contributed by atoms with van der Waals surface area (Å²) in [6.07, 6.45) is 6.71. The molecule has 3 heterocycles. The molecule has 4 atom stereocenters. The Morgan fingerprint density at radius 3 is 2.66 bits per heavy atom. The Labute approximate surface area is 173 Å². The fourth-order valence-corrected chi connectivity index (χ4v) is 7.32. The van der Waals surface area contributed by atoms with Gasteiger partial charge in [-0.25, -0.2) is 27.7 Å². The van der Waals surface area contributed by atoms with E-state index < -0.39 is 10.0 Å². The van der Waals surface area contributed by atoms with Crippen LogP contribution in [0.4, 0.5) is 5.82 Å². The van der Waals surface area contributed by atoms with E-state index in [0.717, 1.165) is 36.6 Å². The van der Waals surface area contributed by atoms with Crippen LogP contribution in [0.2, 0.25) is 0 Å². The van der Waals surface area contributed by atoms with E-state index in [9.17, 15) is 8.42 Å². The Balaban J connectivity index is 1.61. The Morgan fingerprint density at radius 1 is 1.21 bits per heavy atom. The molecule has 0 spiro atoms. The third-order valence-corrected chi connectivity index (χ3v) is 8.93. The van der Waals surface area contributed by atoms with E-state index in [4.69, 9.17) is 0 Å². The van der Waals surface area contributed by atoms with Gasteiger partial charge in [0.1, 0.15) is 12.0 Å². The summed E-state index contributed by atoms with van der Waals surface area (Å²) in [5.74, 6) is 3.04. The van der Waals surface area contributed by atoms with Gasteiger partial charge >= 0.3 is 0 Å². The number of rotatable bonds is 7. The number of sulfonamides is 1. The second-order valence-corrected chi connectivity index (χ2v) is 10.3. The minimum absolute atomic E-state index is 0.130. The fraction of sp³-hybridized carbons (Fsp3) is 0.700. The van der Waals surface area contributed by atoms with Crippen molar-refractivity contribution in [1.82, 2.24) is 23.8 Å². The molecular formula is C20H32N6O2S. The van der Waals surface area contributed by atoms with E-state index in [1.807, 2.05) is 26.1 Å². The van der Waals surface area contributed by atoms with Gasteiger partial charge in [0.2, 0.25) is 10.0 Å². The van der Waals surface area contributed by atoms with Crippen LogP contribution < -0.4 is 5.43 Å². The number of hydrogen-bond donors (Lipinski definition) is 1. The summed E-state index contributed by atoms with van der Waals surface area (Å²) < 4.78 is 29.6. The molecule has 9 heteroatoms. The molecule has 1 saturated carbocycles. The average molecular weight is 421 g/mol. The van der Waals surface area contributed by atoms with Crippen molar-refractivity contribution >= 4 is 15.8 Å². The zero-order valence-electron chi connectivity index (χ0n) is 17.7. The van der Waals surface area contributed by atoms with Crippen LogP contribution in [0.25, 0.3) is 11.5 Å². The average Bonchev–Trinajstić information content (AvgIpc) is 3.37. The van der Waals surface area contributed by atoms with Crippen LogP contribution in [0.3, 0.4) is 0 Å². The van der Waals surface area contributed by atoms with Gasteiger partial charge in [-0.05, 0) is 36.7 Å². The second kappa shape index (κ2) is 7.85. The van der Waals surface area contributed by atoms with E-state index in [0.29, 0.717) is 24.9 Å². The van der Waals surface area contributed by atoms with Crippen molar-refractivity contribution in [2.75, 3.05) is 31.3 Å². The maximum atomic E-state index is 12.9. The van der Waals surface area contributed by atoms with Gasteiger partial charge in [-0.15, -0.1) is 0 Å². The van der Waals surface area contributed by atoms with Crippen molar-refractivity contribution in [3.8, 4) is 11.5 Å². The zero-order chi connectivity index (χ0) is 20.8. The molecule has 0 saturated heterocycles. The summed E-state index contributed by atoms with van der Waals surface area (Å²) in [5, 5.41) is 2.15. The number of nitrogens with one attached hydrogen (secondary N) is 1. The number of hydrogen-bond acceptors (Lipinski definition) is 6. The van der Waals surface area contributed by atoms with Gasteiger partial charge in [0.15, 0.2) is 5.82 Å². The van der Waals surface area contributed by atoms with Crippen molar-refractivity contribution in [1.29, 1.82) is 0 Å². The molecule has 4 rings (SSSR count). The highest BCUT2D eigenvalue weighted by molar-refractivity contribution is 7.89. The van der Waals surface area contributed by atoms with Gasteiger partial charge in [-0.3, -0.25) is 0 Å². The molecule has 29 heavy (non-hydrogen) atoms. The normalized spacial score (nSPS) is 27.6. The molecule has 0 bridgehead atoms. The highest BCUT2D eigenvalue weighted by atomic mass is 32.2. The van der Waals surface area contributed by atoms with Crippen LogP contribution in [0.1, 0.15) is 46.2 Å². The fourth-order valence-electron chi connectivity index (χ4n) is 5.45. The van der Waals surface area contributed by atoms with Crippen molar-refractivity contribution in [3.05, 3.63) is 18.5 Å². The summed E-state index contributed by atoms with van der Waals surface area (Å²) in [4.78, 5) is 8.80. The molecule has 1 unspecified atom stereocenters. The van der Waals surface area contributed by atoms with Gasteiger partial charge in [-0.1, -0.05) is 27.2 Å². The smallest absolute Gasteiger partial charge is 0.214 e. The van der Waals surface area contributed by atoms with Crippen molar-refractivity contribution in [2.24, 2.45) is 17.8 Å². The summed E-state index contributed by atoms with van der Waals surface area (Å²) in [7, 11) is -1.14. The monoisotopic (exact) mass is 420 g/mol. The Kier molecular flexibility index (Phi) is 5.56. The van der Waals surface area contributed by atoms with Crippen molar-refractivity contribution in [3.63, 3.8) is 0 Å². The molecule has 0 aromatic carbocycles. The highest BCUT2D eigenvalue weighted by Gasteiger charge is 2.45. The van der Waals surface area contributed by atoms with Crippen LogP contribution in [0.5, 0.6) is 0 Å². The topological polar surface area (TPSA) is 83.4 Å². The largest absolute Gasteiger partial charge is 0.304 e.